The van der Waals surface area contributed by atoms with Gasteiger partial charge in [-0.25, -0.2) is 18.2 Å². The highest BCUT2D eigenvalue weighted by Crippen LogP contribution is 2.18. The molecule has 0 saturated carbocycles. The van der Waals surface area contributed by atoms with E-state index in [0.29, 0.717) is 12.1 Å². The average Bonchev–Trinajstić information content (AvgIpc) is 2.35. The summed E-state index contributed by atoms with van der Waals surface area (Å²) in [6.07, 6.45) is 3.09. The van der Waals surface area contributed by atoms with Crippen LogP contribution in [0.3, 0.4) is 0 Å². The van der Waals surface area contributed by atoms with Gasteiger partial charge in [0.1, 0.15) is 24.1 Å². The van der Waals surface area contributed by atoms with E-state index in [-0.39, 0.29) is 17.1 Å². The predicted octanol–water partition coefficient (Wildman–Crippen LogP) is 3.03. The smallest absolute Gasteiger partial charge is 0.165 e. The molecule has 3 nitrogen and oxygen atoms in total. The van der Waals surface area contributed by atoms with E-state index >= 15 is 0 Å². The van der Waals surface area contributed by atoms with Crippen molar-refractivity contribution in [3.8, 4) is 0 Å². The summed E-state index contributed by atoms with van der Waals surface area (Å²) in [6.45, 7) is 4.49. The quantitative estimate of drug-likeness (QED) is 0.508. The lowest BCUT2D eigenvalue weighted by atomic mass is 10.2. The van der Waals surface area contributed by atoms with Crippen LogP contribution in [0.2, 0.25) is 0 Å². The second-order valence-corrected chi connectivity index (χ2v) is 3.54. The Balaban J connectivity index is 2.96. The third-order valence-electron chi connectivity index (χ3n) is 2.22. The van der Waals surface area contributed by atoms with Gasteiger partial charge in [-0.15, -0.1) is 0 Å². The average molecular weight is 270 g/mol. The van der Waals surface area contributed by atoms with Gasteiger partial charge in [-0.2, -0.15) is 0 Å². The molecule has 0 aliphatic carbocycles. The van der Waals surface area contributed by atoms with Crippen LogP contribution in [-0.4, -0.2) is 6.72 Å². The van der Waals surface area contributed by atoms with Gasteiger partial charge in [0, 0.05) is 12.1 Å². The number of halogens is 3. The van der Waals surface area contributed by atoms with Crippen molar-refractivity contribution in [1.29, 1.82) is 0 Å². The normalized spacial score (nSPS) is 12.4. The van der Waals surface area contributed by atoms with Crippen LogP contribution in [0.1, 0.15) is 12.5 Å². The van der Waals surface area contributed by atoms with Gasteiger partial charge in [-0.3, -0.25) is 0 Å². The molecule has 0 bridgehead atoms. The predicted molar refractivity (Wildman–Crippen MR) is 66.7 cm³/mol. The van der Waals surface area contributed by atoms with Crippen molar-refractivity contribution in [1.82, 2.24) is 0 Å². The number of benzene rings is 1. The third kappa shape index (κ3) is 3.87. The summed E-state index contributed by atoms with van der Waals surface area (Å²) >= 11 is 0. The summed E-state index contributed by atoms with van der Waals surface area (Å²) in [7, 11) is 0. The van der Waals surface area contributed by atoms with Gasteiger partial charge in [0.2, 0.25) is 0 Å². The van der Waals surface area contributed by atoms with E-state index < -0.39 is 24.1 Å². The Hall–Kier alpha value is -2.24. The molecule has 6 heteroatoms. The third-order valence-corrected chi connectivity index (χ3v) is 2.22. The summed E-state index contributed by atoms with van der Waals surface area (Å²) < 4.78 is 44.6. The van der Waals surface area contributed by atoms with Crippen LogP contribution in [0.15, 0.2) is 40.9 Å². The Kier molecular flexibility index (Phi) is 5.17. The first-order valence-corrected chi connectivity index (χ1v) is 5.35. The molecule has 0 unspecified atom stereocenters. The highest BCUT2D eigenvalue weighted by atomic mass is 19.1. The minimum Gasteiger partial charge on any atom is -0.485 e. The van der Waals surface area contributed by atoms with E-state index in [9.17, 15) is 13.2 Å². The molecule has 0 radical (unpaired) electrons. The number of rotatable bonds is 5. The SMILES string of the molecule is C=N/C(N)=C(\C=C/C)OCc1c(F)cc(F)cc1F. The molecule has 1 aromatic carbocycles. The number of nitrogens with zero attached hydrogens (tertiary/aromatic N) is 1. The number of nitrogens with two attached hydrogens (primary N) is 1. The zero-order valence-corrected chi connectivity index (χ0v) is 10.3. The maximum Gasteiger partial charge on any atom is 0.165 e. The molecule has 0 saturated heterocycles. The van der Waals surface area contributed by atoms with Crippen LogP contribution in [0.4, 0.5) is 13.2 Å². The topological polar surface area (TPSA) is 47.6 Å². The Bertz CT molecular complexity index is 516. The van der Waals surface area contributed by atoms with Crippen molar-refractivity contribution in [3.05, 3.63) is 58.9 Å². The minimum absolute atomic E-state index is 0.0129. The Labute approximate surface area is 108 Å². The molecule has 0 aliphatic heterocycles. The van der Waals surface area contributed by atoms with Crippen LogP contribution in [-0.2, 0) is 11.3 Å². The number of hydrogen-bond donors (Lipinski definition) is 1. The lowest BCUT2D eigenvalue weighted by molar-refractivity contribution is 0.199. The monoisotopic (exact) mass is 270 g/mol. The summed E-state index contributed by atoms with van der Waals surface area (Å²) in [5, 5.41) is 0. The van der Waals surface area contributed by atoms with E-state index in [1.54, 1.807) is 13.0 Å². The number of allylic oxidation sites excluding steroid dienone is 2. The zero-order chi connectivity index (χ0) is 14.4. The van der Waals surface area contributed by atoms with Crippen molar-refractivity contribution in [2.45, 2.75) is 13.5 Å². The first kappa shape index (κ1) is 14.8. The molecule has 0 amide bonds. The molecule has 0 aromatic heterocycles. The largest absolute Gasteiger partial charge is 0.485 e. The van der Waals surface area contributed by atoms with Crippen LogP contribution < -0.4 is 5.73 Å². The fourth-order valence-electron chi connectivity index (χ4n) is 1.30. The minimum atomic E-state index is -1.03. The molecule has 0 atom stereocenters. The Morgan fingerprint density at radius 1 is 1.37 bits per heavy atom. The summed E-state index contributed by atoms with van der Waals surface area (Å²) in [6, 6.07) is 1.16. The van der Waals surface area contributed by atoms with Crippen molar-refractivity contribution in [2.75, 3.05) is 0 Å². The fraction of sp³-hybridized carbons (Fsp3) is 0.154. The van der Waals surface area contributed by atoms with Crippen LogP contribution in [0, 0.1) is 17.5 Å². The second-order valence-electron chi connectivity index (χ2n) is 3.54. The van der Waals surface area contributed by atoms with Crippen LogP contribution in [0.5, 0.6) is 0 Å². The molecular weight excluding hydrogens is 257 g/mol. The summed E-state index contributed by atoms with van der Waals surface area (Å²) in [5.41, 5.74) is 5.11. The summed E-state index contributed by atoms with van der Waals surface area (Å²) in [4.78, 5) is 3.46. The van der Waals surface area contributed by atoms with Crippen molar-refractivity contribution in [2.24, 2.45) is 10.7 Å². The van der Waals surface area contributed by atoms with Crippen molar-refractivity contribution in [3.63, 3.8) is 0 Å². The van der Waals surface area contributed by atoms with Crippen molar-refractivity contribution >= 4 is 6.72 Å². The van der Waals surface area contributed by atoms with Gasteiger partial charge in [0.15, 0.2) is 11.6 Å². The van der Waals surface area contributed by atoms with E-state index in [0.717, 1.165) is 0 Å². The van der Waals surface area contributed by atoms with Gasteiger partial charge in [-0.1, -0.05) is 6.08 Å². The molecule has 0 spiro atoms. The zero-order valence-electron chi connectivity index (χ0n) is 10.3. The van der Waals surface area contributed by atoms with E-state index in [4.69, 9.17) is 10.5 Å². The molecule has 0 fully saturated rings. The number of aliphatic imine (C=N–C) groups is 1. The molecule has 1 aromatic rings. The van der Waals surface area contributed by atoms with Crippen LogP contribution in [0.25, 0.3) is 0 Å². The first-order valence-electron chi connectivity index (χ1n) is 5.35. The highest BCUT2D eigenvalue weighted by Gasteiger charge is 2.13. The Morgan fingerprint density at radius 3 is 2.42 bits per heavy atom. The first-order chi connectivity index (χ1) is 8.99. The molecule has 0 heterocycles. The molecule has 0 aliphatic rings. The number of hydrogen-bond acceptors (Lipinski definition) is 3. The standard InChI is InChI=1S/C13H13F3N2O/c1-3-4-12(13(17)18-2)19-7-9-10(15)5-8(14)6-11(9)16/h3-6H,2,7,17H2,1H3/b4-3-,13-12+. The molecule has 1 rings (SSSR count). The van der Waals surface area contributed by atoms with Gasteiger partial charge < -0.3 is 10.5 Å². The van der Waals surface area contributed by atoms with Gasteiger partial charge in [0.25, 0.3) is 0 Å². The number of ether oxygens (including phenoxy) is 1. The summed E-state index contributed by atoms with van der Waals surface area (Å²) in [5.74, 6) is -2.93. The molecule has 2 N–H and O–H groups in total. The van der Waals surface area contributed by atoms with Crippen LogP contribution >= 0.6 is 0 Å². The molecule has 19 heavy (non-hydrogen) atoms. The maximum atomic E-state index is 13.4. The Morgan fingerprint density at radius 2 is 1.95 bits per heavy atom. The molecular formula is C13H13F3N2O. The second kappa shape index (κ2) is 6.63. The fourth-order valence-corrected chi connectivity index (χ4v) is 1.30. The van der Waals surface area contributed by atoms with Crippen molar-refractivity contribution < 1.29 is 17.9 Å². The maximum absolute atomic E-state index is 13.4. The highest BCUT2D eigenvalue weighted by molar-refractivity contribution is 5.31. The van der Waals surface area contributed by atoms with Gasteiger partial charge >= 0.3 is 0 Å². The molecule has 102 valence electrons. The lowest BCUT2D eigenvalue weighted by Gasteiger charge is -2.10. The van der Waals surface area contributed by atoms with E-state index in [2.05, 4.69) is 11.7 Å². The van der Waals surface area contributed by atoms with E-state index in [1.165, 1.54) is 6.08 Å². The van der Waals surface area contributed by atoms with Gasteiger partial charge in [-0.05, 0) is 19.7 Å². The van der Waals surface area contributed by atoms with Gasteiger partial charge in [0.05, 0.1) is 5.56 Å². The lowest BCUT2D eigenvalue weighted by Crippen LogP contribution is -2.05. The van der Waals surface area contributed by atoms with E-state index in [1.807, 2.05) is 0 Å².